The molecule has 0 saturated carbocycles. The van der Waals surface area contributed by atoms with Gasteiger partial charge >= 0.3 is 24.0 Å². The number of esters is 1. The number of aromatic amines is 1. The third-order valence-corrected chi connectivity index (χ3v) is 4.73. The minimum absolute atomic E-state index is 0.532. The van der Waals surface area contributed by atoms with Crippen molar-refractivity contribution >= 4 is 18.3 Å². The molecule has 13 nitrogen and oxygen atoms in total. The second kappa shape index (κ2) is 10.3. The van der Waals surface area contributed by atoms with Gasteiger partial charge < -0.3 is 28.4 Å². The molecule has 1 N–H and O–H groups in total. The average Bonchev–Trinajstić information content (AvgIpc) is 3.09. The van der Waals surface area contributed by atoms with E-state index in [9.17, 15) is 28.4 Å². The number of hydrogen-bond acceptors (Lipinski definition) is 11. The van der Waals surface area contributed by atoms with Crippen molar-refractivity contribution in [1.29, 1.82) is 0 Å². The molecule has 1 aliphatic heterocycles. The van der Waals surface area contributed by atoms with Gasteiger partial charge in [0.05, 0.1) is 19.8 Å². The van der Waals surface area contributed by atoms with Crippen LogP contribution in [0.2, 0.25) is 0 Å². The maximum atomic E-state index is 16.1. The standard InChI is InChI=1S/C20H18F2N2O11/c1-30-18(28)33-13-14(34-19(29)31-2)20(22,9-32-16(26)10-5-3-4-6-11(10)21)35-15(13)24-8-7-12(25)23-17(24)27/h3-8,13-15H,9H2,1-2H3,(H,23,25,27)/t13-,14+,15-,20-/m1/s1. The Morgan fingerprint density at radius 3 is 2.37 bits per heavy atom. The zero-order valence-electron chi connectivity index (χ0n) is 18.1. The average molecular weight is 500 g/mol. The number of carbonyl (C=O) groups excluding carboxylic acids is 3. The van der Waals surface area contributed by atoms with E-state index in [1.54, 1.807) is 0 Å². The van der Waals surface area contributed by atoms with Gasteiger partial charge in [0.1, 0.15) is 5.82 Å². The fraction of sp³-hybridized carbons (Fsp3) is 0.350. The minimum Gasteiger partial charge on any atom is -0.456 e. The minimum atomic E-state index is -3.26. The quantitative estimate of drug-likeness (QED) is 0.445. The normalized spacial score (nSPS) is 23.3. The first-order chi connectivity index (χ1) is 16.6. The van der Waals surface area contributed by atoms with Gasteiger partial charge in [-0.1, -0.05) is 12.1 Å². The second-order valence-electron chi connectivity index (χ2n) is 6.90. The Bertz CT molecular complexity index is 1230. The van der Waals surface area contributed by atoms with Gasteiger partial charge in [0.15, 0.2) is 18.9 Å². The molecule has 0 unspecified atom stereocenters. The molecule has 0 bridgehead atoms. The van der Waals surface area contributed by atoms with Crippen LogP contribution in [0, 0.1) is 5.82 Å². The summed E-state index contributed by atoms with van der Waals surface area (Å²) in [6, 6.07) is 5.57. The molecule has 3 rings (SSSR count). The lowest BCUT2D eigenvalue weighted by atomic mass is 10.1. The molecule has 1 fully saturated rings. The Balaban J connectivity index is 1.99. The summed E-state index contributed by atoms with van der Waals surface area (Å²) in [4.78, 5) is 61.5. The first-order valence-electron chi connectivity index (χ1n) is 9.68. The number of aromatic nitrogens is 2. The van der Waals surface area contributed by atoms with Crippen LogP contribution in [0.1, 0.15) is 16.6 Å². The molecule has 2 aromatic rings. The van der Waals surface area contributed by atoms with E-state index in [0.29, 0.717) is 4.57 Å². The number of halogens is 2. The van der Waals surface area contributed by atoms with Crippen LogP contribution >= 0.6 is 0 Å². The lowest BCUT2D eigenvalue weighted by Gasteiger charge is -2.26. The Morgan fingerprint density at radius 2 is 1.74 bits per heavy atom. The lowest BCUT2D eigenvalue weighted by Crippen LogP contribution is -2.48. The van der Waals surface area contributed by atoms with E-state index in [4.69, 9.17) is 18.9 Å². The van der Waals surface area contributed by atoms with Gasteiger partial charge in [-0.3, -0.25) is 14.3 Å². The number of alkyl halides is 1. The van der Waals surface area contributed by atoms with Gasteiger partial charge in [-0.2, -0.15) is 0 Å². The van der Waals surface area contributed by atoms with E-state index < -0.39 is 71.8 Å². The first kappa shape index (κ1) is 25.4. The third-order valence-electron chi connectivity index (χ3n) is 4.73. The van der Waals surface area contributed by atoms with Crippen molar-refractivity contribution in [1.82, 2.24) is 9.55 Å². The smallest absolute Gasteiger partial charge is 0.456 e. The van der Waals surface area contributed by atoms with E-state index in [1.165, 1.54) is 12.1 Å². The molecule has 35 heavy (non-hydrogen) atoms. The van der Waals surface area contributed by atoms with Gasteiger partial charge in [-0.05, 0) is 12.1 Å². The Hall–Kier alpha value is -4.27. The van der Waals surface area contributed by atoms with Crippen molar-refractivity contribution in [3.05, 3.63) is 68.7 Å². The largest absolute Gasteiger partial charge is 0.508 e. The van der Waals surface area contributed by atoms with Gasteiger partial charge in [0, 0.05) is 12.3 Å². The topological polar surface area (TPSA) is 161 Å². The van der Waals surface area contributed by atoms with Crippen molar-refractivity contribution in [3.8, 4) is 0 Å². The highest BCUT2D eigenvalue weighted by Gasteiger charge is 2.62. The third kappa shape index (κ3) is 5.46. The Morgan fingerprint density at radius 1 is 1.09 bits per heavy atom. The zero-order chi connectivity index (χ0) is 25.8. The van der Waals surface area contributed by atoms with Crippen LogP contribution in [0.4, 0.5) is 18.4 Å². The summed E-state index contributed by atoms with van der Waals surface area (Å²) in [5.74, 6) is -5.51. The molecule has 2 heterocycles. The van der Waals surface area contributed by atoms with Crippen LogP contribution in [0.5, 0.6) is 0 Å². The van der Waals surface area contributed by atoms with E-state index in [2.05, 4.69) is 9.47 Å². The predicted octanol–water partition coefficient (Wildman–Crippen LogP) is 1.03. The van der Waals surface area contributed by atoms with Crippen LogP contribution in [0.25, 0.3) is 0 Å². The van der Waals surface area contributed by atoms with Crippen LogP contribution in [-0.4, -0.2) is 66.7 Å². The zero-order valence-corrected chi connectivity index (χ0v) is 18.1. The summed E-state index contributed by atoms with van der Waals surface area (Å²) in [7, 11) is 1.82. The Kier molecular flexibility index (Phi) is 7.49. The van der Waals surface area contributed by atoms with Crippen molar-refractivity contribution in [2.45, 2.75) is 24.3 Å². The molecule has 1 aliphatic rings. The molecule has 1 aromatic heterocycles. The number of nitrogens with zero attached hydrogens (tertiary/aromatic N) is 1. The van der Waals surface area contributed by atoms with Crippen LogP contribution in [0.15, 0.2) is 46.1 Å². The van der Waals surface area contributed by atoms with Crippen molar-refractivity contribution in [2.24, 2.45) is 0 Å². The fourth-order valence-corrected chi connectivity index (χ4v) is 3.14. The van der Waals surface area contributed by atoms with Crippen LogP contribution in [-0.2, 0) is 28.4 Å². The molecule has 0 aliphatic carbocycles. The highest BCUT2D eigenvalue weighted by molar-refractivity contribution is 5.89. The van der Waals surface area contributed by atoms with E-state index in [-0.39, 0.29) is 0 Å². The summed E-state index contributed by atoms with van der Waals surface area (Å²) < 4.78 is 59.2. The first-order valence-corrected chi connectivity index (χ1v) is 9.68. The molecule has 0 spiro atoms. The number of ether oxygens (including phenoxy) is 6. The van der Waals surface area contributed by atoms with Crippen LogP contribution in [0.3, 0.4) is 0 Å². The van der Waals surface area contributed by atoms with Gasteiger partial charge in [0.2, 0.25) is 6.10 Å². The van der Waals surface area contributed by atoms with Crippen molar-refractivity contribution in [3.63, 3.8) is 0 Å². The highest BCUT2D eigenvalue weighted by atomic mass is 19.2. The molecular formula is C20H18F2N2O11. The molecule has 188 valence electrons. The molecule has 15 heteroatoms. The lowest BCUT2D eigenvalue weighted by molar-refractivity contribution is -0.210. The molecule has 1 aromatic carbocycles. The van der Waals surface area contributed by atoms with E-state index >= 15 is 4.39 Å². The summed E-state index contributed by atoms with van der Waals surface area (Å²) in [5, 5.41) is 0. The molecule has 0 radical (unpaired) electrons. The summed E-state index contributed by atoms with van der Waals surface area (Å²) in [5.41, 5.74) is -2.44. The predicted molar refractivity (Wildman–Crippen MR) is 107 cm³/mol. The maximum absolute atomic E-state index is 16.1. The second-order valence-corrected chi connectivity index (χ2v) is 6.90. The van der Waals surface area contributed by atoms with Crippen molar-refractivity contribution < 1.29 is 51.6 Å². The number of nitrogens with one attached hydrogen (secondary N) is 1. The van der Waals surface area contributed by atoms with Gasteiger partial charge in [-0.25, -0.2) is 28.0 Å². The Labute approximate surface area is 194 Å². The van der Waals surface area contributed by atoms with Gasteiger partial charge in [-0.15, -0.1) is 0 Å². The summed E-state index contributed by atoms with van der Waals surface area (Å²) in [6.07, 6.45) is -7.90. The number of benzene rings is 1. The molecule has 0 amide bonds. The highest BCUT2D eigenvalue weighted by Crippen LogP contribution is 2.42. The summed E-state index contributed by atoms with van der Waals surface area (Å²) >= 11 is 0. The van der Waals surface area contributed by atoms with E-state index in [0.717, 1.165) is 38.6 Å². The number of hydrogen-bond donors (Lipinski definition) is 1. The SMILES string of the molecule is COC(=O)O[C@H]1[C@H](n2ccc(=O)[nH]c2=O)O[C@](F)(COC(=O)c2ccccc2F)[C@H]1OC(=O)OC. The van der Waals surface area contributed by atoms with Gasteiger partial charge in [0.25, 0.3) is 11.4 Å². The number of rotatable bonds is 6. The molecular weight excluding hydrogens is 482 g/mol. The maximum Gasteiger partial charge on any atom is 0.508 e. The monoisotopic (exact) mass is 500 g/mol. The number of H-pyrrole nitrogens is 1. The fourth-order valence-electron chi connectivity index (χ4n) is 3.14. The number of carbonyl (C=O) groups is 3. The molecule has 1 saturated heterocycles. The van der Waals surface area contributed by atoms with E-state index in [1.807, 2.05) is 4.98 Å². The summed E-state index contributed by atoms with van der Waals surface area (Å²) in [6.45, 7) is -1.31. The number of methoxy groups -OCH3 is 2. The van der Waals surface area contributed by atoms with Crippen LogP contribution < -0.4 is 11.2 Å². The van der Waals surface area contributed by atoms with Crippen molar-refractivity contribution in [2.75, 3.05) is 20.8 Å². The molecule has 4 atom stereocenters.